The van der Waals surface area contributed by atoms with Crippen molar-refractivity contribution in [3.05, 3.63) is 56.9 Å². The van der Waals surface area contributed by atoms with E-state index in [0.29, 0.717) is 28.1 Å². The van der Waals surface area contributed by atoms with Crippen LogP contribution in [0.1, 0.15) is 12.5 Å². The van der Waals surface area contributed by atoms with Crippen LogP contribution in [0.25, 0.3) is 11.0 Å². The van der Waals surface area contributed by atoms with Gasteiger partial charge in [-0.3, -0.25) is 18.7 Å². The van der Waals surface area contributed by atoms with Gasteiger partial charge in [-0.25, -0.2) is 9.78 Å². The third-order valence-corrected chi connectivity index (χ3v) is 4.11. The Bertz CT molecular complexity index is 1140. The number of nitrogens with one attached hydrogen (secondary N) is 2. The van der Waals surface area contributed by atoms with Gasteiger partial charge in [0, 0.05) is 38.6 Å². The number of hydrogen-bond donors (Lipinski definition) is 2. The van der Waals surface area contributed by atoms with Crippen molar-refractivity contribution < 1.29 is 4.79 Å². The Morgan fingerprint density at radius 2 is 1.81 bits per heavy atom. The zero-order chi connectivity index (χ0) is 19.0. The summed E-state index contributed by atoms with van der Waals surface area (Å²) in [5, 5.41) is 6.27. The molecule has 0 aliphatic carbocycles. The predicted molar refractivity (Wildman–Crippen MR) is 101 cm³/mol. The average Bonchev–Trinajstić information content (AvgIpc) is 2.59. The molecule has 26 heavy (non-hydrogen) atoms. The summed E-state index contributed by atoms with van der Waals surface area (Å²) < 4.78 is 2.40. The quantitative estimate of drug-likeness (QED) is 0.746. The molecule has 0 aliphatic heterocycles. The van der Waals surface area contributed by atoms with E-state index in [1.54, 1.807) is 31.4 Å². The van der Waals surface area contributed by atoms with E-state index < -0.39 is 11.2 Å². The van der Waals surface area contributed by atoms with Gasteiger partial charge in [-0.1, -0.05) is 6.07 Å². The highest BCUT2D eigenvalue weighted by Crippen LogP contribution is 2.27. The van der Waals surface area contributed by atoms with Crippen LogP contribution in [-0.4, -0.2) is 20.0 Å². The van der Waals surface area contributed by atoms with Crippen LogP contribution in [0.3, 0.4) is 0 Å². The molecule has 2 aromatic heterocycles. The SMILES string of the molecule is CC(=O)Nc1cccc(Nc2c(C)cnc3c2c(=O)n(C)c(=O)n3C)c1. The fraction of sp³-hybridized carbons (Fsp3) is 0.222. The van der Waals surface area contributed by atoms with Crippen molar-refractivity contribution >= 4 is 34.0 Å². The molecule has 134 valence electrons. The highest BCUT2D eigenvalue weighted by atomic mass is 16.2. The number of nitrogens with zero attached hydrogens (tertiary/aromatic N) is 3. The molecule has 0 unspecified atom stereocenters. The molecule has 2 N–H and O–H groups in total. The van der Waals surface area contributed by atoms with Crippen molar-refractivity contribution in [3.63, 3.8) is 0 Å². The molecule has 1 amide bonds. The third-order valence-electron chi connectivity index (χ3n) is 4.11. The average molecular weight is 353 g/mol. The standard InChI is InChI=1S/C18H19N5O3/c1-10-9-19-16-14(17(25)23(4)18(26)22(16)3)15(10)21-13-7-5-6-12(8-13)20-11(2)24/h5-9H,1-4H3,(H,19,21)(H,20,24). The van der Waals surface area contributed by atoms with Gasteiger partial charge in [-0.2, -0.15) is 0 Å². The van der Waals surface area contributed by atoms with Crippen molar-refractivity contribution in [1.29, 1.82) is 0 Å². The number of amides is 1. The minimum Gasteiger partial charge on any atom is -0.354 e. The molecule has 0 saturated heterocycles. The van der Waals surface area contributed by atoms with E-state index in [-0.39, 0.29) is 5.91 Å². The molecular formula is C18H19N5O3. The first-order valence-electron chi connectivity index (χ1n) is 7.99. The van der Waals surface area contributed by atoms with Crippen molar-refractivity contribution in [2.75, 3.05) is 10.6 Å². The van der Waals surface area contributed by atoms with Crippen LogP contribution in [0.2, 0.25) is 0 Å². The van der Waals surface area contributed by atoms with Crippen molar-refractivity contribution in [2.45, 2.75) is 13.8 Å². The predicted octanol–water partition coefficient (Wildman–Crippen LogP) is 1.64. The molecule has 0 atom stereocenters. The smallest absolute Gasteiger partial charge is 0.332 e. The number of fused-ring (bicyclic) bond motifs is 1. The molecular weight excluding hydrogens is 334 g/mol. The van der Waals surface area contributed by atoms with Gasteiger partial charge in [0.15, 0.2) is 5.65 Å². The number of carbonyl (C=O) groups excluding carboxylic acids is 1. The monoisotopic (exact) mass is 353 g/mol. The summed E-state index contributed by atoms with van der Waals surface area (Å²) in [4.78, 5) is 40.3. The number of hydrogen-bond acceptors (Lipinski definition) is 5. The lowest BCUT2D eigenvalue weighted by molar-refractivity contribution is -0.114. The Balaban J connectivity index is 2.20. The molecule has 8 nitrogen and oxygen atoms in total. The number of aryl methyl sites for hydroxylation is 2. The Hall–Kier alpha value is -3.42. The maximum absolute atomic E-state index is 12.7. The van der Waals surface area contributed by atoms with Crippen molar-refractivity contribution in [1.82, 2.24) is 14.1 Å². The molecule has 0 bridgehead atoms. The second-order valence-corrected chi connectivity index (χ2v) is 6.11. The second-order valence-electron chi connectivity index (χ2n) is 6.11. The van der Waals surface area contributed by atoms with Gasteiger partial charge in [0.2, 0.25) is 5.91 Å². The molecule has 0 radical (unpaired) electrons. The lowest BCUT2D eigenvalue weighted by Crippen LogP contribution is -2.37. The topological polar surface area (TPSA) is 98.0 Å². The Labute approximate surface area is 149 Å². The molecule has 0 spiro atoms. The third kappa shape index (κ3) is 2.97. The maximum Gasteiger partial charge on any atom is 0.332 e. The van der Waals surface area contributed by atoms with Crippen LogP contribution >= 0.6 is 0 Å². The van der Waals surface area contributed by atoms with E-state index in [9.17, 15) is 14.4 Å². The van der Waals surface area contributed by atoms with Crippen LogP contribution in [0.5, 0.6) is 0 Å². The van der Waals surface area contributed by atoms with Crippen LogP contribution in [0, 0.1) is 6.92 Å². The molecule has 0 aliphatic rings. The first-order chi connectivity index (χ1) is 12.3. The van der Waals surface area contributed by atoms with Gasteiger partial charge >= 0.3 is 5.69 Å². The van der Waals surface area contributed by atoms with E-state index >= 15 is 0 Å². The van der Waals surface area contributed by atoms with Crippen LogP contribution in [0.15, 0.2) is 40.1 Å². The minimum atomic E-state index is -0.433. The molecule has 8 heteroatoms. The summed E-state index contributed by atoms with van der Waals surface area (Å²) in [6, 6.07) is 7.15. The fourth-order valence-electron chi connectivity index (χ4n) is 2.81. The van der Waals surface area contributed by atoms with Gasteiger partial charge < -0.3 is 10.6 Å². The van der Waals surface area contributed by atoms with Gasteiger partial charge in [0.1, 0.15) is 5.39 Å². The fourth-order valence-corrected chi connectivity index (χ4v) is 2.81. The normalized spacial score (nSPS) is 10.8. The molecule has 1 aromatic carbocycles. The summed E-state index contributed by atoms with van der Waals surface area (Å²) >= 11 is 0. The van der Waals surface area contributed by atoms with Crippen molar-refractivity contribution in [2.24, 2.45) is 14.1 Å². The van der Waals surface area contributed by atoms with Gasteiger partial charge in [-0.15, -0.1) is 0 Å². The lowest BCUT2D eigenvalue weighted by atomic mass is 10.1. The Morgan fingerprint density at radius 3 is 2.50 bits per heavy atom. The molecule has 0 saturated carbocycles. The summed E-state index contributed by atoms with van der Waals surface area (Å²) in [5.74, 6) is -0.170. The van der Waals surface area contributed by atoms with E-state index in [1.807, 2.05) is 13.0 Å². The van der Waals surface area contributed by atoms with Crippen LogP contribution in [-0.2, 0) is 18.9 Å². The zero-order valence-electron chi connectivity index (χ0n) is 15.0. The van der Waals surface area contributed by atoms with Crippen LogP contribution in [0.4, 0.5) is 17.1 Å². The molecule has 0 fully saturated rings. The van der Waals surface area contributed by atoms with E-state index in [0.717, 1.165) is 10.1 Å². The number of carbonyl (C=O) groups is 1. The van der Waals surface area contributed by atoms with Gasteiger partial charge in [0.05, 0.1) is 5.69 Å². The summed E-state index contributed by atoms with van der Waals surface area (Å²) in [5.41, 5.74) is 2.13. The zero-order valence-corrected chi connectivity index (χ0v) is 15.0. The number of rotatable bonds is 3. The first-order valence-corrected chi connectivity index (χ1v) is 7.99. The number of aromatic nitrogens is 3. The maximum atomic E-state index is 12.7. The van der Waals surface area contributed by atoms with Gasteiger partial charge in [-0.05, 0) is 30.7 Å². The highest BCUT2D eigenvalue weighted by molar-refractivity contribution is 5.93. The number of pyridine rings is 1. The van der Waals surface area contributed by atoms with E-state index in [1.165, 1.54) is 18.5 Å². The van der Waals surface area contributed by atoms with E-state index in [4.69, 9.17) is 0 Å². The summed E-state index contributed by atoms with van der Waals surface area (Å²) in [6.45, 7) is 3.27. The van der Waals surface area contributed by atoms with Gasteiger partial charge in [0.25, 0.3) is 5.56 Å². The number of benzene rings is 1. The largest absolute Gasteiger partial charge is 0.354 e. The van der Waals surface area contributed by atoms with Crippen LogP contribution < -0.4 is 21.9 Å². The molecule has 2 heterocycles. The summed E-state index contributed by atoms with van der Waals surface area (Å²) in [7, 11) is 3.02. The Kier molecular flexibility index (Phi) is 4.33. The van der Waals surface area contributed by atoms with Crippen molar-refractivity contribution in [3.8, 4) is 0 Å². The number of anilines is 3. The Morgan fingerprint density at radius 1 is 1.12 bits per heavy atom. The first kappa shape index (κ1) is 17.4. The van der Waals surface area contributed by atoms with E-state index in [2.05, 4.69) is 15.6 Å². The second kappa shape index (κ2) is 6.47. The molecule has 3 aromatic rings. The minimum absolute atomic E-state index is 0.170. The summed E-state index contributed by atoms with van der Waals surface area (Å²) in [6.07, 6.45) is 1.61. The lowest BCUT2D eigenvalue weighted by Gasteiger charge is -2.15. The highest BCUT2D eigenvalue weighted by Gasteiger charge is 2.16. The molecule has 3 rings (SSSR count).